The van der Waals surface area contributed by atoms with Gasteiger partial charge in [0.15, 0.2) is 6.10 Å². The molecule has 0 bridgehead atoms. The smallest absolute Gasteiger partial charge is 0.260 e. The lowest BCUT2D eigenvalue weighted by atomic mass is 10.0. The lowest BCUT2D eigenvalue weighted by molar-refractivity contribution is -0.127. The Hall–Kier alpha value is -2.53. The highest BCUT2D eigenvalue weighted by Gasteiger charge is 2.21. The van der Waals surface area contributed by atoms with Crippen molar-refractivity contribution in [2.24, 2.45) is 0 Å². The molecule has 2 atom stereocenters. The fourth-order valence-electron chi connectivity index (χ4n) is 2.61. The molecule has 0 aliphatic rings. The minimum atomic E-state index is -0.567. The van der Waals surface area contributed by atoms with Crippen LogP contribution in [0.3, 0.4) is 0 Å². The van der Waals surface area contributed by atoms with E-state index in [1.165, 1.54) is 0 Å². The Morgan fingerprint density at radius 1 is 1.08 bits per heavy atom. The van der Waals surface area contributed by atoms with Gasteiger partial charge in [-0.25, -0.2) is 0 Å². The first-order chi connectivity index (χ1) is 12.0. The maximum atomic E-state index is 12.4. The topological polar surface area (TPSA) is 50.8 Å². The van der Waals surface area contributed by atoms with E-state index in [2.05, 4.69) is 10.2 Å². The van der Waals surface area contributed by atoms with Crippen LogP contribution >= 0.6 is 0 Å². The van der Waals surface area contributed by atoms with Gasteiger partial charge < -0.3 is 19.7 Å². The van der Waals surface area contributed by atoms with E-state index in [9.17, 15) is 4.79 Å². The average molecular weight is 342 g/mol. The number of amides is 1. The molecule has 2 aromatic rings. The fourth-order valence-corrected chi connectivity index (χ4v) is 2.61. The summed E-state index contributed by atoms with van der Waals surface area (Å²) in [5, 5.41) is 2.97. The third kappa shape index (κ3) is 5.22. The van der Waals surface area contributed by atoms with Crippen LogP contribution in [0.4, 0.5) is 0 Å². The Bertz CT molecular complexity index is 674. The highest BCUT2D eigenvalue weighted by molar-refractivity contribution is 5.80. The second-order valence-corrected chi connectivity index (χ2v) is 6.04. The van der Waals surface area contributed by atoms with E-state index in [0.29, 0.717) is 12.3 Å². The van der Waals surface area contributed by atoms with Crippen LogP contribution in [0.1, 0.15) is 18.5 Å². The van der Waals surface area contributed by atoms with Crippen molar-refractivity contribution >= 4 is 5.91 Å². The molecule has 0 aliphatic carbocycles. The Balaban J connectivity index is 1.99. The molecule has 1 N–H and O–H groups in total. The molecule has 0 aliphatic heterocycles. The van der Waals surface area contributed by atoms with Crippen molar-refractivity contribution < 1.29 is 14.3 Å². The molecule has 0 aromatic heterocycles. The first kappa shape index (κ1) is 18.8. The molecule has 2 unspecified atom stereocenters. The number of ether oxygens (including phenoxy) is 2. The number of hydrogen-bond acceptors (Lipinski definition) is 4. The van der Waals surface area contributed by atoms with Gasteiger partial charge in [0, 0.05) is 12.1 Å². The van der Waals surface area contributed by atoms with Crippen molar-refractivity contribution in [1.29, 1.82) is 0 Å². The molecule has 0 spiro atoms. The molecule has 25 heavy (non-hydrogen) atoms. The van der Waals surface area contributed by atoms with Crippen LogP contribution in [0.2, 0.25) is 0 Å². The molecule has 0 fully saturated rings. The first-order valence-electron chi connectivity index (χ1n) is 8.31. The van der Waals surface area contributed by atoms with Crippen LogP contribution < -0.4 is 14.8 Å². The summed E-state index contributed by atoms with van der Waals surface area (Å²) in [4.78, 5) is 14.4. The van der Waals surface area contributed by atoms with Crippen LogP contribution in [0.25, 0.3) is 0 Å². The van der Waals surface area contributed by atoms with Crippen molar-refractivity contribution in [2.45, 2.75) is 19.1 Å². The number of methoxy groups -OCH3 is 1. The molecule has 1 amide bonds. The number of nitrogens with one attached hydrogen (secondary N) is 1. The van der Waals surface area contributed by atoms with E-state index < -0.39 is 6.10 Å². The Labute approximate surface area is 149 Å². The number of para-hydroxylation sites is 2. The van der Waals surface area contributed by atoms with E-state index in [0.717, 1.165) is 11.3 Å². The lowest BCUT2D eigenvalue weighted by Crippen LogP contribution is -2.41. The summed E-state index contributed by atoms with van der Waals surface area (Å²) in [6.45, 7) is 2.21. The average Bonchev–Trinajstić information content (AvgIpc) is 2.62. The molecule has 2 rings (SSSR count). The predicted molar refractivity (Wildman–Crippen MR) is 99.0 cm³/mol. The lowest BCUT2D eigenvalue weighted by Gasteiger charge is -2.27. The molecule has 0 saturated heterocycles. The number of carbonyl (C=O) groups excluding carboxylic acids is 1. The van der Waals surface area contributed by atoms with Gasteiger partial charge in [-0.05, 0) is 39.2 Å². The summed E-state index contributed by atoms with van der Waals surface area (Å²) in [5.74, 6) is 1.34. The van der Waals surface area contributed by atoms with Gasteiger partial charge in [0.1, 0.15) is 11.5 Å². The SMILES string of the molecule is COc1ccccc1C(CNC(=O)C(C)Oc1ccccc1)N(C)C. The second kappa shape index (κ2) is 9.08. The van der Waals surface area contributed by atoms with Crippen LogP contribution in [0.5, 0.6) is 11.5 Å². The van der Waals surface area contributed by atoms with Gasteiger partial charge in [-0.3, -0.25) is 4.79 Å². The number of hydrogen-bond donors (Lipinski definition) is 1. The van der Waals surface area contributed by atoms with Crippen LogP contribution in [0.15, 0.2) is 54.6 Å². The minimum Gasteiger partial charge on any atom is -0.496 e. The number of rotatable bonds is 8. The van der Waals surface area contributed by atoms with E-state index >= 15 is 0 Å². The van der Waals surface area contributed by atoms with Gasteiger partial charge in [-0.15, -0.1) is 0 Å². The van der Waals surface area contributed by atoms with Gasteiger partial charge >= 0.3 is 0 Å². The third-order valence-electron chi connectivity index (χ3n) is 4.02. The van der Waals surface area contributed by atoms with Gasteiger partial charge in [0.2, 0.25) is 0 Å². The molecule has 5 heteroatoms. The standard InChI is InChI=1S/C20H26N2O3/c1-15(25-16-10-6-5-7-11-16)20(23)21-14-18(22(2)3)17-12-8-9-13-19(17)24-4/h5-13,15,18H,14H2,1-4H3,(H,21,23). The zero-order chi connectivity index (χ0) is 18.2. The summed E-state index contributed by atoms with van der Waals surface area (Å²) in [7, 11) is 5.61. The van der Waals surface area contributed by atoms with Gasteiger partial charge in [-0.2, -0.15) is 0 Å². The highest BCUT2D eigenvalue weighted by atomic mass is 16.5. The second-order valence-electron chi connectivity index (χ2n) is 6.04. The zero-order valence-corrected chi connectivity index (χ0v) is 15.2. The van der Waals surface area contributed by atoms with Crippen molar-refractivity contribution in [3.63, 3.8) is 0 Å². The van der Waals surface area contributed by atoms with Crippen molar-refractivity contribution in [3.8, 4) is 11.5 Å². The summed E-state index contributed by atoms with van der Waals surface area (Å²) in [5.41, 5.74) is 1.03. The molecule has 0 saturated carbocycles. The van der Waals surface area contributed by atoms with Crippen molar-refractivity contribution in [1.82, 2.24) is 10.2 Å². The maximum Gasteiger partial charge on any atom is 0.260 e. The van der Waals surface area contributed by atoms with Gasteiger partial charge in [-0.1, -0.05) is 36.4 Å². The van der Waals surface area contributed by atoms with Gasteiger partial charge in [0.05, 0.1) is 13.2 Å². The monoisotopic (exact) mass is 342 g/mol. The predicted octanol–water partition coefficient (Wildman–Crippen LogP) is 2.88. The molecular weight excluding hydrogens is 316 g/mol. The third-order valence-corrected chi connectivity index (χ3v) is 4.02. The molecular formula is C20H26N2O3. The van der Waals surface area contributed by atoms with Crippen LogP contribution in [-0.2, 0) is 4.79 Å². The minimum absolute atomic E-state index is 0.00373. The quantitative estimate of drug-likeness (QED) is 0.801. The van der Waals surface area contributed by atoms with E-state index in [1.807, 2.05) is 68.7 Å². The van der Waals surface area contributed by atoms with Crippen molar-refractivity contribution in [3.05, 3.63) is 60.2 Å². The van der Waals surface area contributed by atoms with E-state index in [1.54, 1.807) is 14.0 Å². The molecule has 5 nitrogen and oxygen atoms in total. The number of carbonyl (C=O) groups is 1. The van der Waals surface area contributed by atoms with Crippen molar-refractivity contribution in [2.75, 3.05) is 27.7 Å². The first-order valence-corrected chi connectivity index (χ1v) is 8.31. The molecule has 134 valence electrons. The molecule has 2 aromatic carbocycles. The summed E-state index contributed by atoms with van der Waals surface area (Å²) in [6, 6.07) is 17.2. The summed E-state index contributed by atoms with van der Waals surface area (Å²) >= 11 is 0. The molecule has 0 heterocycles. The zero-order valence-electron chi connectivity index (χ0n) is 15.2. The summed E-state index contributed by atoms with van der Waals surface area (Å²) in [6.07, 6.45) is -0.567. The largest absolute Gasteiger partial charge is 0.496 e. The number of nitrogens with zero attached hydrogens (tertiary/aromatic N) is 1. The fraction of sp³-hybridized carbons (Fsp3) is 0.350. The number of likely N-dealkylation sites (N-methyl/N-ethyl adjacent to an activating group) is 1. The maximum absolute atomic E-state index is 12.4. The van der Waals surface area contributed by atoms with E-state index in [4.69, 9.17) is 9.47 Å². The number of benzene rings is 2. The van der Waals surface area contributed by atoms with Crippen LogP contribution in [0, 0.1) is 0 Å². The highest BCUT2D eigenvalue weighted by Crippen LogP contribution is 2.27. The van der Waals surface area contributed by atoms with E-state index in [-0.39, 0.29) is 11.9 Å². The van der Waals surface area contributed by atoms with Gasteiger partial charge in [0.25, 0.3) is 5.91 Å². The Morgan fingerprint density at radius 3 is 2.36 bits per heavy atom. The Kier molecular flexibility index (Phi) is 6.83. The molecule has 0 radical (unpaired) electrons. The summed E-state index contributed by atoms with van der Waals surface area (Å²) < 4.78 is 11.1. The normalized spacial score (nSPS) is 13.2. The van der Waals surface area contributed by atoms with Crippen LogP contribution in [-0.4, -0.2) is 44.7 Å². The Morgan fingerprint density at radius 2 is 1.72 bits per heavy atom.